The van der Waals surface area contributed by atoms with E-state index >= 15 is 0 Å². The first-order valence-electron chi connectivity index (χ1n) is 8.18. The molecule has 0 aliphatic rings. The Kier molecular flexibility index (Phi) is 6.69. The van der Waals surface area contributed by atoms with Gasteiger partial charge in [-0.3, -0.25) is 4.79 Å². The van der Waals surface area contributed by atoms with Crippen molar-refractivity contribution in [3.63, 3.8) is 0 Å². The van der Waals surface area contributed by atoms with E-state index in [0.717, 1.165) is 28.9 Å². The van der Waals surface area contributed by atoms with Crippen LogP contribution in [0.3, 0.4) is 0 Å². The summed E-state index contributed by atoms with van der Waals surface area (Å²) >= 11 is 0. The Bertz CT molecular complexity index is 728. The van der Waals surface area contributed by atoms with Crippen LogP contribution in [0.4, 0.5) is 0 Å². The lowest BCUT2D eigenvalue weighted by Crippen LogP contribution is -2.27. The zero-order valence-corrected chi connectivity index (χ0v) is 15.2. The molecule has 0 fully saturated rings. The van der Waals surface area contributed by atoms with Gasteiger partial charge in [0, 0.05) is 6.54 Å². The van der Waals surface area contributed by atoms with E-state index in [2.05, 4.69) is 5.32 Å². The molecule has 0 radical (unpaired) electrons. The van der Waals surface area contributed by atoms with Gasteiger partial charge in [0.25, 0.3) is 0 Å². The lowest BCUT2D eigenvalue weighted by Gasteiger charge is -2.10. The normalized spacial score (nSPS) is 10.2. The second kappa shape index (κ2) is 8.97. The molecule has 1 N–H and O–H groups in total. The predicted octanol–water partition coefficient (Wildman–Crippen LogP) is 2.92. The molecule has 0 aliphatic carbocycles. The maximum absolute atomic E-state index is 12.1. The first kappa shape index (κ1) is 18.6. The summed E-state index contributed by atoms with van der Waals surface area (Å²) in [5.41, 5.74) is 3.08. The van der Waals surface area contributed by atoms with Crippen molar-refractivity contribution in [3.05, 3.63) is 53.1 Å². The molecule has 25 heavy (non-hydrogen) atoms. The summed E-state index contributed by atoms with van der Waals surface area (Å²) in [6, 6.07) is 11.6. The average Bonchev–Trinajstić information content (AvgIpc) is 2.61. The van der Waals surface area contributed by atoms with Gasteiger partial charge in [-0.15, -0.1) is 0 Å². The quantitative estimate of drug-likeness (QED) is 0.801. The van der Waals surface area contributed by atoms with Crippen molar-refractivity contribution in [1.82, 2.24) is 5.32 Å². The Morgan fingerprint density at radius 1 is 0.880 bits per heavy atom. The van der Waals surface area contributed by atoms with E-state index < -0.39 is 0 Å². The number of hydrogen-bond donors (Lipinski definition) is 1. The summed E-state index contributed by atoms with van der Waals surface area (Å²) < 4.78 is 15.7. The third-order valence-corrected chi connectivity index (χ3v) is 4.01. The highest BCUT2D eigenvalue weighted by atomic mass is 16.5. The third-order valence-electron chi connectivity index (χ3n) is 4.01. The summed E-state index contributed by atoms with van der Waals surface area (Å²) in [6.45, 7) is 2.54. The minimum absolute atomic E-state index is 0.00467. The first-order chi connectivity index (χ1) is 12.1. The molecule has 134 valence electrons. The Hall–Kier alpha value is -2.69. The zero-order chi connectivity index (χ0) is 18.2. The van der Waals surface area contributed by atoms with Crippen molar-refractivity contribution in [2.24, 2.45) is 0 Å². The van der Waals surface area contributed by atoms with Crippen LogP contribution in [0.15, 0.2) is 36.4 Å². The summed E-state index contributed by atoms with van der Waals surface area (Å²) in [5.74, 6) is 2.23. The number of carbonyl (C=O) groups excluding carboxylic acids is 1. The van der Waals surface area contributed by atoms with Crippen molar-refractivity contribution in [2.75, 3.05) is 27.9 Å². The van der Waals surface area contributed by atoms with Crippen LogP contribution in [-0.4, -0.2) is 33.8 Å². The molecule has 5 heteroatoms. The molecule has 0 saturated carbocycles. The van der Waals surface area contributed by atoms with E-state index in [1.807, 2.05) is 43.3 Å². The molecule has 2 aromatic rings. The van der Waals surface area contributed by atoms with Crippen molar-refractivity contribution in [3.8, 4) is 17.2 Å². The maximum Gasteiger partial charge on any atom is 0.224 e. The summed E-state index contributed by atoms with van der Waals surface area (Å²) in [5, 5.41) is 2.95. The number of nitrogens with one attached hydrogen (secondary N) is 1. The Labute approximate surface area is 148 Å². The number of carbonyl (C=O) groups is 1. The van der Waals surface area contributed by atoms with Crippen LogP contribution in [0.25, 0.3) is 0 Å². The van der Waals surface area contributed by atoms with Crippen molar-refractivity contribution in [2.45, 2.75) is 19.8 Å². The van der Waals surface area contributed by atoms with Gasteiger partial charge in [0.15, 0.2) is 11.5 Å². The van der Waals surface area contributed by atoms with Crippen LogP contribution in [0.5, 0.6) is 17.2 Å². The highest BCUT2D eigenvalue weighted by Crippen LogP contribution is 2.27. The summed E-state index contributed by atoms with van der Waals surface area (Å²) in [6.07, 6.45) is 1.09. The summed E-state index contributed by atoms with van der Waals surface area (Å²) in [7, 11) is 4.86. The molecule has 5 nitrogen and oxygen atoms in total. The van der Waals surface area contributed by atoms with Gasteiger partial charge in [0.2, 0.25) is 5.91 Å². The van der Waals surface area contributed by atoms with Crippen LogP contribution < -0.4 is 19.5 Å². The standard InChI is InChI=1S/C20H25NO4/c1-14-11-16(6-7-17(14)23-2)13-20(22)21-10-9-15-5-8-18(24-3)19(12-15)25-4/h5-8,11-12H,9-10,13H2,1-4H3,(H,21,22). The van der Waals surface area contributed by atoms with E-state index in [0.29, 0.717) is 24.5 Å². The minimum Gasteiger partial charge on any atom is -0.496 e. The highest BCUT2D eigenvalue weighted by molar-refractivity contribution is 5.78. The molecule has 0 unspecified atom stereocenters. The fraction of sp³-hybridized carbons (Fsp3) is 0.350. The topological polar surface area (TPSA) is 56.8 Å². The van der Waals surface area contributed by atoms with Gasteiger partial charge in [-0.05, 0) is 48.2 Å². The largest absolute Gasteiger partial charge is 0.496 e. The number of amides is 1. The van der Waals surface area contributed by atoms with Gasteiger partial charge in [-0.1, -0.05) is 18.2 Å². The lowest BCUT2D eigenvalue weighted by atomic mass is 10.1. The van der Waals surface area contributed by atoms with Crippen molar-refractivity contribution < 1.29 is 19.0 Å². The molecule has 0 heterocycles. The van der Waals surface area contributed by atoms with Crippen LogP contribution in [-0.2, 0) is 17.6 Å². The zero-order valence-electron chi connectivity index (χ0n) is 15.2. The van der Waals surface area contributed by atoms with Gasteiger partial charge in [-0.2, -0.15) is 0 Å². The minimum atomic E-state index is 0.00467. The fourth-order valence-electron chi connectivity index (χ4n) is 2.68. The molecule has 0 atom stereocenters. The molecule has 0 bridgehead atoms. The third kappa shape index (κ3) is 5.14. The van der Waals surface area contributed by atoms with Gasteiger partial charge >= 0.3 is 0 Å². The van der Waals surface area contributed by atoms with E-state index in [1.54, 1.807) is 21.3 Å². The van der Waals surface area contributed by atoms with Crippen LogP contribution in [0, 0.1) is 6.92 Å². The molecule has 2 aromatic carbocycles. The predicted molar refractivity (Wildman–Crippen MR) is 97.7 cm³/mol. The molecular weight excluding hydrogens is 318 g/mol. The van der Waals surface area contributed by atoms with Gasteiger partial charge in [0.05, 0.1) is 27.8 Å². The molecule has 2 rings (SSSR count). The Morgan fingerprint density at radius 3 is 2.16 bits per heavy atom. The smallest absolute Gasteiger partial charge is 0.224 e. The molecule has 0 aliphatic heterocycles. The van der Waals surface area contributed by atoms with E-state index in [-0.39, 0.29) is 5.91 Å². The number of hydrogen-bond acceptors (Lipinski definition) is 4. The summed E-state index contributed by atoms with van der Waals surface area (Å²) in [4.78, 5) is 12.1. The van der Waals surface area contributed by atoms with Crippen LogP contribution in [0.2, 0.25) is 0 Å². The molecular formula is C20H25NO4. The second-order valence-corrected chi connectivity index (χ2v) is 5.77. The SMILES string of the molecule is COc1ccc(CC(=O)NCCc2ccc(OC)c(OC)c2)cc1C. The van der Waals surface area contributed by atoms with E-state index in [1.165, 1.54) is 0 Å². The van der Waals surface area contributed by atoms with Crippen molar-refractivity contribution >= 4 is 5.91 Å². The van der Waals surface area contributed by atoms with Crippen molar-refractivity contribution in [1.29, 1.82) is 0 Å². The Balaban J connectivity index is 1.85. The van der Waals surface area contributed by atoms with Gasteiger partial charge in [0.1, 0.15) is 5.75 Å². The second-order valence-electron chi connectivity index (χ2n) is 5.77. The Morgan fingerprint density at radius 2 is 1.52 bits per heavy atom. The number of methoxy groups -OCH3 is 3. The highest BCUT2D eigenvalue weighted by Gasteiger charge is 2.07. The molecule has 0 spiro atoms. The van der Waals surface area contributed by atoms with E-state index in [9.17, 15) is 4.79 Å². The monoisotopic (exact) mass is 343 g/mol. The van der Waals surface area contributed by atoms with Crippen LogP contribution >= 0.6 is 0 Å². The first-order valence-corrected chi connectivity index (χ1v) is 8.18. The number of rotatable bonds is 8. The fourth-order valence-corrected chi connectivity index (χ4v) is 2.68. The lowest BCUT2D eigenvalue weighted by molar-refractivity contribution is -0.120. The molecule has 1 amide bonds. The molecule has 0 saturated heterocycles. The van der Waals surface area contributed by atoms with E-state index in [4.69, 9.17) is 14.2 Å². The number of ether oxygens (including phenoxy) is 3. The number of benzene rings is 2. The van der Waals surface area contributed by atoms with Crippen LogP contribution in [0.1, 0.15) is 16.7 Å². The van der Waals surface area contributed by atoms with Gasteiger partial charge < -0.3 is 19.5 Å². The van der Waals surface area contributed by atoms with Gasteiger partial charge in [-0.25, -0.2) is 0 Å². The molecule has 0 aromatic heterocycles. The maximum atomic E-state index is 12.1. The number of aryl methyl sites for hydroxylation is 1. The average molecular weight is 343 g/mol.